The van der Waals surface area contributed by atoms with Crippen molar-refractivity contribution in [1.82, 2.24) is 30.0 Å². The lowest BCUT2D eigenvalue weighted by Gasteiger charge is -2.33. The van der Waals surface area contributed by atoms with E-state index >= 15 is 0 Å². The Kier molecular flexibility index (Phi) is 9.40. The molecule has 2 aliphatic rings. The molecule has 4 heterocycles. The fraction of sp³-hybridized carbons (Fsp3) is 0.412. The molecule has 6 rings (SSSR count). The van der Waals surface area contributed by atoms with Crippen LogP contribution < -0.4 is 10.2 Å². The van der Waals surface area contributed by atoms with Crippen LogP contribution in [0.4, 0.5) is 5.82 Å². The van der Waals surface area contributed by atoms with Gasteiger partial charge < -0.3 is 10.2 Å². The summed E-state index contributed by atoms with van der Waals surface area (Å²) in [5, 5.41) is 17.1. The molecule has 238 valence electrons. The van der Waals surface area contributed by atoms with E-state index in [1.165, 1.54) is 0 Å². The normalized spacial score (nSPS) is 20.0. The van der Waals surface area contributed by atoms with Crippen molar-refractivity contribution in [3.63, 3.8) is 0 Å². The lowest BCUT2D eigenvalue weighted by atomic mass is 9.73. The molecule has 2 fully saturated rings. The van der Waals surface area contributed by atoms with Gasteiger partial charge in [-0.3, -0.25) is 14.5 Å². The quantitative estimate of drug-likeness (QED) is 0.289. The van der Waals surface area contributed by atoms with Crippen LogP contribution in [0.15, 0.2) is 67.3 Å². The number of nitriles is 1. The zero-order chi connectivity index (χ0) is 32.1. The van der Waals surface area contributed by atoms with Crippen LogP contribution in [0.5, 0.6) is 0 Å². The number of anilines is 1. The van der Waals surface area contributed by atoms with Crippen LogP contribution in [-0.2, 0) is 34.6 Å². The number of benzene rings is 1. The molecule has 1 saturated carbocycles. The van der Waals surface area contributed by atoms with E-state index in [4.69, 9.17) is 9.97 Å². The molecule has 0 radical (unpaired) electrons. The Balaban J connectivity index is 1.15. The van der Waals surface area contributed by atoms with E-state index < -0.39 is 9.84 Å². The smallest absolute Gasteiger partial charge is 0.229 e. The molecule has 11 nitrogen and oxygen atoms in total. The monoisotopic (exact) mass is 638 g/mol. The van der Waals surface area contributed by atoms with E-state index in [0.29, 0.717) is 49.2 Å². The summed E-state index contributed by atoms with van der Waals surface area (Å²) in [5.41, 5.74) is 4.11. The van der Waals surface area contributed by atoms with Gasteiger partial charge in [0.05, 0.1) is 35.5 Å². The summed E-state index contributed by atoms with van der Waals surface area (Å²) in [6.45, 7) is 1.10. The van der Waals surface area contributed by atoms with Crippen molar-refractivity contribution in [3.8, 4) is 17.2 Å². The maximum atomic E-state index is 13.8. The third kappa shape index (κ3) is 7.42. The Hall–Kier alpha value is -4.63. The lowest BCUT2D eigenvalue weighted by molar-refractivity contribution is -0.124. The summed E-state index contributed by atoms with van der Waals surface area (Å²) in [6.07, 6.45) is 11.4. The summed E-state index contributed by atoms with van der Waals surface area (Å²) < 4.78 is 25.6. The first-order valence-electron chi connectivity index (χ1n) is 15.8. The molecule has 0 bridgehead atoms. The van der Waals surface area contributed by atoms with Crippen molar-refractivity contribution >= 4 is 21.6 Å². The first kappa shape index (κ1) is 31.4. The number of hydrogen-bond donors (Lipinski definition) is 1. The van der Waals surface area contributed by atoms with E-state index in [1.807, 2.05) is 66.8 Å². The van der Waals surface area contributed by atoms with Gasteiger partial charge in [0.25, 0.3) is 0 Å². The van der Waals surface area contributed by atoms with Gasteiger partial charge in [-0.1, -0.05) is 36.4 Å². The summed E-state index contributed by atoms with van der Waals surface area (Å²) in [7, 11) is -1.17. The van der Waals surface area contributed by atoms with Crippen LogP contribution in [-0.4, -0.2) is 63.7 Å². The highest BCUT2D eigenvalue weighted by atomic mass is 32.2. The molecule has 1 aliphatic carbocycles. The number of hydrogen-bond acceptors (Lipinski definition) is 9. The second-order valence-corrected chi connectivity index (χ2v) is 14.6. The van der Waals surface area contributed by atoms with Crippen molar-refractivity contribution in [3.05, 3.63) is 89.9 Å². The lowest BCUT2D eigenvalue weighted by Crippen LogP contribution is -2.41. The van der Waals surface area contributed by atoms with E-state index in [-0.39, 0.29) is 29.2 Å². The van der Waals surface area contributed by atoms with Gasteiger partial charge in [0, 0.05) is 56.6 Å². The van der Waals surface area contributed by atoms with Gasteiger partial charge in [-0.25, -0.2) is 18.4 Å². The van der Waals surface area contributed by atoms with Gasteiger partial charge in [0.2, 0.25) is 5.91 Å². The van der Waals surface area contributed by atoms with Crippen LogP contribution in [0.3, 0.4) is 0 Å². The topological polar surface area (TPSA) is 147 Å². The Bertz CT molecular complexity index is 1800. The second kappa shape index (κ2) is 13.8. The maximum absolute atomic E-state index is 13.8. The molecule has 1 saturated heterocycles. The van der Waals surface area contributed by atoms with Gasteiger partial charge in [-0.2, -0.15) is 10.4 Å². The van der Waals surface area contributed by atoms with Crippen molar-refractivity contribution < 1.29 is 13.2 Å². The van der Waals surface area contributed by atoms with Crippen LogP contribution in [0, 0.1) is 23.2 Å². The summed E-state index contributed by atoms with van der Waals surface area (Å²) in [5.74, 6) is 1.38. The molecule has 1 aliphatic heterocycles. The van der Waals surface area contributed by atoms with E-state index in [9.17, 15) is 18.5 Å². The highest BCUT2D eigenvalue weighted by molar-refractivity contribution is 7.91. The molecule has 3 aromatic heterocycles. The number of nitrogens with zero attached hydrogens (tertiary/aromatic N) is 7. The van der Waals surface area contributed by atoms with Gasteiger partial charge in [0.1, 0.15) is 23.3 Å². The summed E-state index contributed by atoms with van der Waals surface area (Å²) >= 11 is 0. The Morgan fingerprint density at radius 2 is 1.76 bits per heavy atom. The van der Waals surface area contributed by atoms with Crippen molar-refractivity contribution in [2.75, 3.05) is 29.5 Å². The number of amides is 1. The average Bonchev–Trinajstić information content (AvgIpc) is 3.51. The molecule has 0 spiro atoms. The third-order valence-electron chi connectivity index (χ3n) is 9.15. The largest absolute Gasteiger partial charge is 0.353 e. The molecule has 1 aromatic carbocycles. The van der Waals surface area contributed by atoms with Crippen LogP contribution >= 0.6 is 0 Å². The number of sulfone groups is 1. The Morgan fingerprint density at radius 3 is 2.41 bits per heavy atom. The predicted octanol–water partition coefficient (Wildman–Crippen LogP) is 3.83. The molecule has 4 aromatic rings. The van der Waals surface area contributed by atoms with Gasteiger partial charge in [-0.15, -0.1) is 0 Å². The number of rotatable bonds is 9. The molecule has 1 unspecified atom stereocenters. The number of nitrogens with one attached hydrogen (secondary N) is 1. The average molecular weight is 639 g/mol. The standard InChI is InChI=1S/C34H38N8O3S/c1-41-23-29(22-39-41)27-11-12-30(36-20-27)32(34(43)38-19-25-5-3-2-4-6-25)26-9-7-24(8-10-26)17-31-37-21-28(18-35)33(40-31)42-13-15-46(44,45)16-14-42/h2-6,11-12,20-24,26,32H,7-10,13-17,19H2,1H3,(H,38,43)/t24-,26-,32?. The number of carbonyl (C=O) groups is 1. The third-order valence-corrected chi connectivity index (χ3v) is 10.8. The first-order valence-corrected chi connectivity index (χ1v) is 17.6. The molecule has 1 N–H and O–H groups in total. The molecule has 1 amide bonds. The Labute approximate surface area is 269 Å². The van der Waals surface area contributed by atoms with E-state index in [0.717, 1.165) is 48.1 Å². The van der Waals surface area contributed by atoms with E-state index in [2.05, 4.69) is 21.5 Å². The van der Waals surface area contributed by atoms with Crippen molar-refractivity contribution in [1.29, 1.82) is 5.26 Å². The van der Waals surface area contributed by atoms with E-state index in [1.54, 1.807) is 17.1 Å². The summed E-state index contributed by atoms with van der Waals surface area (Å²) in [4.78, 5) is 29.7. The number of carbonyl (C=O) groups excluding carboxylic acids is 1. The molecular weight excluding hydrogens is 600 g/mol. The number of pyridine rings is 1. The predicted molar refractivity (Wildman–Crippen MR) is 174 cm³/mol. The fourth-order valence-electron chi connectivity index (χ4n) is 6.55. The highest BCUT2D eigenvalue weighted by Crippen LogP contribution is 2.39. The molecule has 46 heavy (non-hydrogen) atoms. The Morgan fingerprint density at radius 1 is 1.00 bits per heavy atom. The number of aryl methyl sites for hydroxylation is 1. The SMILES string of the molecule is Cn1cc(-c2ccc(C(C(=O)NCc3ccccc3)[C@H]3CC[C@H](Cc4ncc(C#N)c(N5CCS(=O)(=O)CC5)n4)CC3)nc2)cn1. The van der Waals surface area contributed by atoms with Gasteiger partial charge >= 0.3 is 0 Å². The minimum Gasteiger partial charge on any atom is -0.353 e. The minimum absolute atomic E-state index is 0.0162. The zero-order valence-corrected chi connectivity index (χ0v) is 26.7. The fourth-order valence-corrected chi connectivity index (χ4v) is 7.75. The zero-order valence-electron chi connectivity index (χ0n) is 25.9. The molecule has 1 atom stereocenters. The maximum Gasteiger partial charge on any atom is 0.229 e. The highest BCUT2D eigenvalue weighted by Gasteiger charge is 2.35. The van der Waals surface area contributed by atoms with Gasteiger partial charge in [-0.05, 0) is 49.1 Å². The first-order chi connectivity index (χ1) is 22.3. The minimum atomic E-state index is -3.05. The molecular formula is C34H38N8O3S. The summed E-state index contributed by atoms with van der Waals surface area (Å²) in [6, 6.07) is 16.1. The number of aromatic nitrogens is 5. The van der Waals surface area contributed by atoms with Crippen LogP contribution in [0.2, 0.25) is 0 Å². The van der Waals surface area contributed by atoms with Crippen molar-refractivity contribution in [2.24, 2.45) is 18.9 Å². The molecule has 12 heteroatoms. The van der Waals surface area contributed by atoms with Crippen LogP contribution in [0.1, 0.15) is 54.2 Å². The van der Waals surface area contributed by atoms with Crippen molar-refractivity contribution in [2.45, 2.75) is 44.6 Å². The second-order valence-electron chi connectivity index (χ2n) is 12.3. The van der Waals surface area contributed by atoms with Crippen LogP contribution in [0.25, 0.3) is 11.1 Å². The van der Waals surface area contributed by atoms with Gasteiger partial charge in [0.15, 0.2) is 9.84 Å².